The predicted molar refractivity (Wildman–Crippen MR) is 59.8 cm³/mol. The summed E-state index contributed by atoms with van der Waals surface area (Å²) in [7, 11) is 0. The molecule has 5 heteroatoms. The minimum absolute atomic E-state index is 0.174. The Labute approximate surface area is 98.0 Å². The van der Waals surface area contributed by atoms with E-state index in [-0.39, 0.29) is 5.91 Å². The fourth-order valence-electron chi connectivity index (χ4n) is 1.52. The van der Waals surface area contributed by atoms with Crippen LogP contribution >= 0.6 is 0 Å². The molecule has 0 saturated heterocycles. The highest BCUT2D eigenvalue weighted by Crippen LogP contribution is 2.30. The van der Waals surface area contributed by atoms with Crippen LogP contribution in [0.1, 0.15) is 25.8 Å². The number of halogens is 3. The van der Waals surface area contributed by atoms with Gasteiger partial charge in [-0.3, -0.25) is 4.79 Å². The molecule has 0 unspecified atom stereocenters. The fourth-order valence-corrected chi connectivity index (χ4v) is 1.52. The Balaban J connectivity index is 2.96. The molecule has 17 heavy (non-hydrogen) atoms. The van der Waals surface area contributed by atoms with Crippen LogP contribution in [0.3, 0.4) is 0 Å². The van der Waals surface area contributed by atoms with Gasteiger partial charge in [-0.05, 0) is 30.7 Å². The summed E-state index contributed by atoms with van der Waals surface area (Å²) in [6.07, 6.45) is -3.59. The number of carbonyl (C=O) groups is 1. The van der Waals surface area contributed by atoms with Crippen molar-refractivity contribution < 1.29 is 18.0 Å². The van der Waals surface area contributed by atoms with Crippen molar-refractivity contribution in [2.24, 2.45) is 0 Å². The normalized spacial score (nSPS) is 11.4. The molecule has 1 aromatic rings. The van der Waals surface area contributed by atoms with Crippen LogP contribution in [0.4, 0.5) is 18.9 Å². The Morgan fingerprint density at radius 2 is 1.76 bits per heavy atom. The average molecular weight is 245 g/mol. The first-order valence-electron chi connectivity index (χ1n) is 5.31. The van der Waals surface area contributed by atoms with E-state index in [2.05, 4.69) is 0 Å². The van der Waals surface area contributed by atoms with Crippen LogP contribution in [0.5, 0.6) is 0 Å². The first kappa shape index (κ1) is 13.5. The first-order valence-corrected chi connectivity index (χ1v) is 5.31. The maximum absolute atomic E-state index is 12.3. The molecule has 0 N–H and O–H groups in total. The number of rotatable bonds is 3. The van der Waals surface area contributed by atoms with Gasteiger partial charge in [-0.25, -0.2) is 0 Å². The van der Waals surface area contributed by atoms with Gasteiger partial charge in [0.05, 0.1) is 5.56 Å². The molecule has 1 aromatic carbocycles. The van der Waals surface area contributed by atoms with E-state index >= 15 is 0 Å². The summed E-state index contributed by atoms with van der Waals surface area (Å²) in [4.78, 5) is 12.8. The van der Waals surface area contributed by atoms with E-state index in [1.807, 2.05) is 6.92 Å². The van der Waals surface area contributed by atoms with Crippen molar-refractivity contribution in [1.82, 2.24) is 0 Å². The maximum atomic E-state index is 12.3. The van der Waals surface area contributed by atoms with Gasteiger partial charge in [0.25, 0.3) is 0 Å². The molecule has 0 aliphatic rings. The number of anilines is 1. The lowest BCUT2D eigenvalue weighted by Gasteiger charge is -2.20. The summed E-state index contributed by atoms with van der Waals surface area (Å²) in [5.41, 5.74) is -0.214. The van der Waals surface area contributed by atoms with Crippen LogP contribution in [0, 0.1) is 0 Å². The largest absolute Gasteiger partial charge is 0.416 e. The summed E-state index contributed by atoms with van der Waals surface area (Å²) < 4.78 is 37.0. The molecular formula is C12H14F3NO. The third-order valence-electron chi connectivity index (χ3n) is 2.33. The van der Waals surface area contributed by atoms with Crippen LogP contribution in [0.15, 0.2) is 24.3 Å². The molecule has 0 aliphatic heterocycles. The van der Waals surface area contributed by atoms with E-state index in [1.165, 1.54) is 24.0 Å². The van der Waals surface area contributed by atoms with Gasteiger partial charge in [0.15, 0.2) is 0 Å². The lowest BCUT2D eigenvalue weighted by Crippen LogP contribution is -2.29. The molecule has 0 heterocycles. The van der Waals surface area contributed by atoms with Crippen molar-refractivity contribution in [2.75, 3.05) is 11.4 Å². The van der Waals surface area contributed by atoms with Gasteiger partial charge in [0.1, 0.15) is 0 Å². The topological polar surface area (TPSA) is 20.3 Å². The molecular weight excluding hydrogens is 231 g/mol. The van der Waals surface area contributed by atoms with Crippen molar-refractivity contribution in [2.45, 2.75) is 26.4 Å². The summed E-state index contributed by atoms with van der Waals surface area (Å²) in [6.45, 7) is 3.80. The van der Waals surface area contributed by atoms with Crippen LogP contribution < -0.4 is 4.90 Å². The Hall–Kier alpha value is -1.52. The van der Waals surface area contributed by atoms with Gasteiger partial charge in [0.2, 0.25) is 5.91 Å². The average Bonchev–Trinajstić information content (AvgIpc) is 2.24. The molecule has 2 nitrogen and oxygen atoms in total. The molecule has 0 aromatic heterocycles. The highest BCUT2D eigenvalue weighted by atomic mass is 19.4. The number of nitrogens with zero attached hydrogens (tertiary/aromatic N) is 1. The second kappa shape index (κ2) is 5.21. The third-order valence-corrected chi connectivity index (χ3v) is 2.33. The van der Waals surface area contributed by atoms with E-state index < -0.39 is 11.7 Å². The van der Waals surface area contributed by atoms with Crippen molar-refractivity contribution >= 4 is 11.6 Å². The highest BCUT2D eigenvalue weighted by molar-refractivity contribution is 5.91. The lowest BCUT2D eigenvalue weighted by molar-refractivity contribution is -0.137. The number of benzene rings is 1. The number of alkyl halides is 3. The summed E-state index contributed by atoms with van der Waals surface area (Å²) in [5.74, 6) is -0.174. The minimum Gasteiger partial charge on any atom is -0.313 e. The van der Waals surface area contributed by atoms with Crippen LogP contribution in [-0.4, -0.2) is 12.5 Å². The molecule has 1 rings (SSSR count). The molecule has 0 spiro atoms. The minimum atomic E-state index is -4.34. The highest BCUT2D eigenvalue weighted by Gasteiger charge is 2.30. The second-order valence-electron chi connectivity index (χ2n) is 3.72. The summed E-state index contributed by atoms with van der Waals surface area (Å²) in [5, 5.41) is 0. The Morgan fingerprint density at radius 1 is 1.24 bits per heavy atom. The summed E-state index contributed by atoms with van der Waals surface area (Å²) >= 11 is 0. The van der Waals surface area contributed by atoms with E-state index in [9.17, 15) is 18.0 Å². The standard InChI is InChI=1S/C12H14F3NO/c1-3-8-16(9(2)17)11-6-4-10(5-7-11)12(13,14)15/h4-7H,3,8H2,1-2H3. The monoisotopic (exact) mass is 245 g/mol. The van der Waals surface area contributed by atoms with Gasteiger partial charge < -0.3 is 4.90 Å². The van der Waals surface area contributed by atoms with Gasteiger partial charge in [-0.2, -0.15) is 13.2 Å². The predicted octanol–water partition coefficient (Wildman–Crippen LogP) is 3.47. The first-order chi connectivity index (χ1) is 7.86. The molecule has 0 saturated carbocycles. The van der Waals surface area contributed by atoms with Gasteiger partial charge in [-0.1, -0.05) is 6.92 Å². The Morgan fingerprint density at radius 3 is 2.12 bits per heavy atom. The van der Waals surface area contributed by atoms with Gasteiger partial charge >= 0.3 is 6.18 Å². The molecule has 0 bridgehead atoms. The van der Waals surface area contributed by atoms with Crippen LogP contribution in [0.2, 0.25) is 0 Å². The van der Waals surface area contributed by atoms with E-state index in [1.54, 1.807) is 0 Å². The molecule has 0 radical (unpaired) electrons. The zero-order valence-electron chi connectivity index (χ0n) is 9.71. The Bertz CT molecular complexity index is 384. The van der Waals surface area contributed by atoms with E-state index in [0.717, 1.165) is 18.6 Å². The van der Waals surface area contributed by atoms with E-state index in [0.29, 0.717) is 12.2 Å². The van der Waals surface area contributed by atoms with Crippen molar-refractivity contribution in [3.63, 3.8) is 0 Å². The zero-order chi connectivity index (χ0) is 13.1. The van der Waals surface area contributed by atoms with Crippen molar-refractivity contribution in [1.29, 1.82) is 0 Å². The number of carbonyl (C=O) groups excluding carboxylic acids is 1. The molecule has 0 fully saturated rings. The third kappa shape index (κ3) is 3.47. The van der Waals surface area contributed by atoms with Crippen molar-refractivity contribution in [3.05, 3.63) is 29.8 Å². The van der Waals surface area contributed by atoms with Crippen LogP contribution in [0.25, 0.3) is 0 Å². The smallest absolute Gasteiger partial charge is 0.313 e. The second-order valence-corrected chi connectivity index (χ2v) is 3.72. The fraction of sp³-hybridized carbons (Fsp3) is 0.417. The molecule has 0 atom stereocenters. The lowest BCUT2D eigenvalue weighted by atomic mass is 10.2. The van der Waals surface area contributed by atoms with Gasteiger partial charge in [0, 0.05) is 19.2 Å². The van der Waals surface area contributed by atoms with E-state index in [4.69, 9.17) is 0 Å². The number of amides is 1. The van der Waals surface area contributed by atoms with Gasteiger partial charge in [-0.15, -0.1) is 0 Å². The number of hydrogen-bond donors (Lipinski definition) is 0. The molecule has 0 aliphatic carbocycles. The number of hydrogen-bond acceptors (Lipinski definition) is 1. The van der Waals surface area contributed by atoms with Crippen molar-refractivity contribution in [3.8, 4) is 0 Å². The zero-order valence-corrected chi connectivity index (χ0v) is 9.71. The molecule has 1 amide bonds. The maximum Gasteiger partial charge on any atom is 0.416 e. The quantitative estimate of drug-likeness (QED) is 0.798. The van der Waals surface area contributed by atoms with Crippen LogP contribution in [-0.2, 0) is 11.0 Å². The Kier molecular flexibility index (Phi) is 4.15. The summed E-state index contributed by atoms with van der Waals surface area (Å²) in [6, 6.07) is 4.61. The SMILES string of the molecule is CCCN(C(C)=O)c1ccc(C(F)(F)F)cc1. The molecule has 94 valence electrons.